The lowest BCUT2D eigenvalue weighted by molar-refractivity contribution is -0.145. The minimum atomic E-state index is -1.07. The van der Waals surface area contributed by atoms with Gasteiger partial charge in [0.25, 0.3) is 0 Å². The van der Waals surface area contributed by atoms with E-state index >= 15 is 0 Å². The number of phenols is 1. The summed E-state index contributed by atoms with van der Waals surface area (Å²) < 4.78 is 5.63. The van der Waals surface area contributed by atoms with E-state index in [-0.39, 0.29) is 5.75 Å². The van der Waals surface area contributed by atoms with Gasteiger partial charge >= 0.3 is 5.97 Å². The number of anilines is 1. The van der Waals surface area contributed by atoms with Crippen molar-refractivity contribution >= 4 is 23.3 Å². The third-order valence-electron chi connectivity index (χ3n) is 3.95. The van der Waals surface area contributed by atoms with E-state index in [9.17, 15) is 15.0 Å². The lowest BCUT2D eigenvalue weighted by atomic mass is 10.1. The smallest absolute Gasteiger partial charge is 0.349 e. The minimum absolute atomic E-state index is 0.153. The van der Waals surface area contributed by atoms with Crippen LogP contribution in [0.15, 0.2) is 72.8 Å². The van der Waals surface area contributed by atoms with E-state index in [2.05, 4.69) is 5.32 Å². The first-order valence-corrected chi connectivity index (χ1v) is 8.66. The van der Waals surface area contributed by atoms with Crippen molar-refractivity contribution in [1.29, 1.82) is 0 Å². The van der Waals surface area contributed by atoms with Crippen LogP contribution in [0.4, 0.5) is 5.69 Å². The number of carboxylic acids is 1. The maximum atomic E-state index is 11.5. The van der Waals surface area contributed by atoms with E-state index in [1.54, 1.807) is 60.7 Å². The van der Waals surface area contributed by atoms with Crippen molar-refractivity contribution in [2.24, 2.45) is 0 Å². The fourth-order valence-corrected chi connectivity index (χ4v) is 2.75. The number of carboxylic acid groups (broad SMARTS) is 1. The predicted octanol–water partition coefficient (Wildman–Crippen LogP) is 4.86. The summed E-state index contributed by atoms with van der Waals surface area (Å²) in [4.78, 5) is 11.5. The number of hydrogen-bond donors (Lipinski definition) is 3. The summed E-state index contributed by atoms with van der Waals surface area (Å²) in [6.07, 6.45) is -1.07. The van der Waals surface area contributed by atoms with Crippen LogP contribution in [0.3, 0.4) is 0 Å². The third kappa shape index (κ3) is 4.92. The number of nitrogens with one attached hydrogen (secondary N) is 1. The lowest BCUT2D eigenvalue weighted by Crippen LogP contribution is -2.18. The van der Waals surface area contributed by atoms with Gasteiger partial charge in [-0.3, -0.25) is 0 Å². The Morgan fingerprint density at radius 1 is 1.04 bits per heavy atom. The topological polar surface area (TPSA) is 78.8 Å². The van der Waals surface area contributed by atoms with Gasteiger partial charge in [0.2, 0.25) is 6.10 Å². The lowest BCUT2D eigenvalue weighted by Gasteiger charge is -2.16. The third-order valence-corrected chi connectivity index (χ3v) is 4.32. The van der Waals surface area contributed by atoms with E-state index < -0.39 is 12.1 Å². The average Bonchev–Trinajstić information content (AvgIpc) is 2.68. The molecule has 0 radical (unpaired) electrons. The SMILES string of the molecule is O=C(O)C(Oc1ccc(NCc2cc(O)ccc2Cl)cc1)c1ccccc1. The molecule has 27 heavy (non-hydrogen) atoms. The maximum Gasteiger partial charge on any atom is 0.349 e. The number of aliphatic carboxylic acids is 1. The van der Waals surface area contributed by atoms with Crippen LogP contribution < -0.4 is 10.1 Å². The van der Waals surface area contributed by atoms with E-state index in [0.29, 0.717) is 22.9 Å². The van der Waals surface area contributed by atoms with Gasteiger partial charge in [0.05, 0.1) is 0 Å². The molecule has 0 spiro atoms. The number of aromatic hydroxyl groups is 1. The van der Waals surface area contributed by atoms with Crippen LogP contribution in [-0.4, -0.2) is 16.2 Å². The average molecular weight is 384 g/mol. The van der Waals surface area contributed by atoms with Gasteiger partial charge in [-0.25, -0.2) is 4.79 Å². The van der Waals surface area contributed by atoms with Gasteiger partial charge < -0.3 is 20.3 Å². The standard InChI is InChI=1S/C21H18ClNO4/c22-19-11-8-17(24)12-15(19)13-23-16-6-9-18(10-7-16)27-20(21(25)26)14-4-2-1-3-5-14/h1-12,20,23-24H,13H2,(H,25,26). The molecule has 0 aliphatic rings. The summed E-state index contributed by atoms with van der Waals surface area (Å²) in [5.41, 5.74) is 2.16. The Morgan fingerprint density at radius 2 is 1.74 bits per heavy atom. The highest BCUT2D eigenvalue weighted by Crippen LogP contribution is 2.25. The number of benzene rings is 3. The second kappa shape index (κ2) is 8.47. The number of rotatable bonds is 7. The predicted molar refractivity (Wildman–Crippen MR) is 104 cm³/mol. The van der Waals surface area contributed by atoms with E-state index in [1.807, 2.05) is 6.07 Å². The van der Waals surface area contributed by atoms with Crippen molar-refractivity contribution in [3.63, 3.8) is 0 Å². The summed E-state index contributed by atoms with van der Waals surface area (Å²) in [6, 6.07) is 20.5. The van der Waals surface area contributed by atoms with Crippen LogP contribution in [0.5, 0.6) is 11.5 Å². The van der Waals surface area contributed by atoms with Crippen LogP contribution in [-0.2, 0) is 11.3 Å². The number of halogens is 1. The molecule has 0 saturated heterocycles. The maximum absolute atomic E-state index is 11.5. The molecule has 3 N–H and O–H groups in total. The normalized spacial score (nSPS) is 11.6. The summed E-state index contributed by atoms with van der Waals surface area (Å²) in [6.45, 7) is 0.440. The quantitative estimate of drug-likeness (QED) is 0.543. The van der Waals surface area contributed by atoms with Crippen LogP contribution >= 0.6 is 11.6 Å². The fourth-order valence-electron chi connectivity index (χ4n) is 2.57. The molecule has 0 heterocycles. The van der Waals surface area contributed by atoms with Crippen LogP contribution in [0, 0.1) is 0 Å². The van der Waals surface area contributed by atoms with Gasteiger partial charge in [-0.05, 0) is 48.0 Å². The zero-order valence-electron chi connectivity index (χ0n) is 14.3. The van der Waals surface area contributed by atoms with Gasteiger partial charge in [0, 0.05) is 22.8 Å². The largest absolute Gasteiger partial charge is 0.508 e. The van der Waals surface area contributed by atoms with Crippen molar-refractivity contribution in [2.45, 2.75) is 12.6 Å². The molecule has 0 bridgehead atoms. The number of carbonyl (C=O) groups is 1. The molecule has 1 atom stereocenters. The molecule has 3 aromatic rings. The monoisotopic (exact) mass is 383 g/mol. The first-order chi connectivity index (χ1) is 13.0. The molecule has 0 aliphatic heterocycles. The highest BCUT2D eigenvalue weighted by Gasteiger charge is 2.21. The Bertz CT molecular complexity index is 913. The molecule has 6 heteroatoms. The Labute approximate surface area is 161 Å². The van der Waals surface area contributed by atoms with E-state index in [1.165, 1.54) is 6.07 Å². The van der Waals surface area contributed by atoms with E-state index in [4.69, 9.17) is 16.3 Å². The van der Waals surface area contributed by atoms with Crippen LogP contribution in [0.25, 0.3) is 0 Å². The molecule has 1 unspecified atom stereocenters. The molecule has 5 nitrogen and oxygen atoms in total. The summed E-state index contributed by atoms with van der Waals surface area (Å²) >= 11 is 6.11. The highest BCUT2D eigenvalue weighted by atomic mass is 35.5. The van der Waals surface area contributed by atoms with Gasteiger partial charge in [0.15, 0.2) is 0 Å². The first-order valence-electron chi connectivity index (χ1n) is 8.28. The van der Waals surface area contributed by atoms with Gasteiger partial charge in [-0.1, -0.05) is 41.9 Å². The second-order valence-corrected chi connectivity index (χ2v) is 6.31. The molecule has 138 valence electrons. The molecule has 3 aromatic carbocycles. The molecule has 0 aromatic heterocycles. The van der Waals surface area contributed by atoms with Crippen molar-refractivity contribution in [3.05, 3.63) is 88.9 Å². The summed E-state index contributed by atoms with van der Waals surface area (Å²) in [5.74, 6) is -0.449. The van der Waals surface area contributed by atoms with Crippen molar-refractivity contribution in [3.8, 4) is 11.5 Å². The molecular weight excluding hydrogens is 366 g/mol. The van der Waals surface area contributed by atoms with Crippen LogP contribution in [0.2, 0.25) is 5.02 Å². The Morgan fingerprint density at radius 3 is 2.41 bits per heavy atom. The first kappa shape index (κ1) is 18.6. The van der Waals surface area contributed by atoms with Crippen molar-refractivity contribution in [2.75, 3.05) is 5.32 Å². The van der Waals surface area contributed by atoms with Gasteiger partial charge in [0.1, 0.15) is 11.5 Å². The molecule has 0 saturated carbocycles. The number of phenolic OH excluding ortho intramolecular Hbond substituents is 1. The van der Waals surface area contributed by atoms with Crippen LogP contribution in [0.1, 0.15) is 17.2 Å². The second-order valence-electron chi connectivity index (χ2n) is 5.90. The molecule has 0 fully saturated rings. The Hall–Kier alpha value is -3.18. The zero-order chi connectivity index (χ0) is 19.2. The Balaban J connectivity index is 1.66. The minimum Gasteiger partial charge on any atom is -0.508 e. The summed E-state index contributed by atoms with van der Waals surface area (Å²) in [5, 5.41) is 22.7. The highest BCUT2D eigenvalue weighted by molar-refractivity contribution is 6.31. The fraction of sp³-hybridized carbons (Fsp3) is 0.0952. The molecule has 3 rings (SSSR count). The molecule has 0 aliphatic carbocycles. The zero-order valence-corrected chi connectivity index (χ0v) is 15.1. The van der Waals surface area contributed by atoms with Gasteiger partial charge in [-0.15, -0.1) is 0 Å². The Kier molecular flexibility index (Phi) is 5.84. The van der Waals surface area contributed by atoms with Crippen molar-refractivity contribution < 1.29 is 19.7 Å². The molecular formula is C21H18ClNO4. The van der Waals surface area contributed by atoms with Gasteiger partial charge in [-0.2, -0.15) is 0 Å². The van der Waals surface area contributed by atoms with Crippen molar-refractivity contribution in [1.82, 2.24) is 0 Å². The van der Waals surface area contributed by atoms with E-state index in [0.717, 1.165) is 11.3 Å². The number of ether oxygens (including phenoxy) is 1. The number of hydrogen-bond acceptors (Lipinski definition) is 4. The summed E-state index contributed by atoms with van der Waals surface area (Å²) in [7, 11) is 0. The molecule has 0 amide bonds.